The Morgan fingerprint density at radius 2 is 1.81 bits per heavy atom. The minimum absolute atomic E-state index is 0.188. The topological polar surface area (TPSA) is 9.23 Å². The molecular formula is C13H14F2O. The quantitative estimate of drug-likeness (QED) is 0.686. The third-order valence-corrected chi connectivity index (χ3v) is 2.18. The van der Waals surface area contributed by atoms with Crippen molar-refractivity contribution in [2.24, 2.45) is 0 Å². The van der Waals surface area contributed by atoms with Crippen LogP contribution in [0.15, 0.2) is 43.2 Å². The van der Waals surface area contributed by atoms with Crippen molar-refractivity contribution in [1.29, 1.82) is 0 Å². The molecule has 0 bridgehead atoms. The molecule has 0 unspecified atom stereocenters. The van der Waals surface area contributed by atoms with E-state index in [1.165, 1.54) is 5.56 Å². The predicted molar refractivity (Wildman–Crippen MR) is 61.1 cm³/mol. The van der Waals surface area contributed by atoms with Crippen LogP contribution in [0.25, 0.3) is 5.76 Å². The van der Waals surface area contributed by atoms with Gasteiger partial charge in [0.05, 0.1) is 0 Å². The highest BCUT2D eigenvalue weighted by molar-refractivity contribution is 5.58. The largest absolute Gasteiger partial charge is 0.456 e. The van der Waals surface area contributed by atoms with E-state index in [9.17, 15) is 8.78 Å². The normalized spacial score (nSPS) is 10.2. The van der Waals surface area contributed by atoms with Crippen molar-refractivity contribution in [2.75, 3.05) is 0 Å². The Bertz CT molecular complexity index is 379. The number of alkyl halides is 2. The Kier molecular flexibility index (Phi) is 4.23. The summed E-state index contributed by atoms with van der Waals surface area (Å²) in [6.07, 6.45) is -1.76. The average molecular weight is 224 g/mol. The predicted octanol–water partition coefficient (Wildman–Crippen LogP) is 4.02. The summed E-state index contributed by atoms with van der Waals surface area (Å²) in [7, 11) is 0. The maximum atomic E-state index is 12.2. The third kappa shape index (κ3) is 3.19. The van der Waals surface area contributed by atoms with Crippen LogP contribution < -0.4 is 0 Å². The third-order valence-electron chi connectivity index (χ3n) is 2.18. The van der Waals surface area contributed by atoms with Gasteiger partial charge in [-0.2, -0.15) is 0 Å². The molecule has 3 heteroatoms. The number of rotatable bonds is 5. The summed E-state index contributed by atoms with van der Waals surface area (Å²) in [6.45, 7) is 8.75. The number of aryl methyl sites for hydroxylation is 1. The molecule has 0 atom stereocenters. The lowest BCUT2D eigenvalue weighted by Crippen LogP contribution is -1.99. The van der Waals surface area contributed by atoms with Gasteiger partial charge in [-0.1, -0.05) is 44.3 Å². The molecule has 0 aliphatic carbocycles. The summed E-state index contributed by atoms with van der Waals surface area (Å²) in [5, 5.41) is 0. The van der Waals surface area contributed by atoms with Crippen LogP contribution in [0.4, 0.5) is 8.78 Å². The van der Waals surface area contributed by atoms with Crippen LogP contribution in [0.2, 0.25) is 0 Å². The van der Waals surface area contributed by atoms with E-state index < -0.39 is 12.2 Å². The number of ether oxygens (including phenoxy) is 1. The fourth-order valence-corrected chi connectivity index (χ4v) is 1.19. The van der Waals surface area contributed by atoms with E-state index >= 15 is 0 Å². The first-order chi connectivity index (χ1) is 7.54. The molecule has 0 saturated carbocycles. The van der Waals surface area contributed by atoms with Crippen LogP contribution in [0.5, 0.6) is 0 Å². The molecular weight excluding hydrogens is 210 g/mol. The number of benzene rings is 1. The summed E-state index contributed by atoms with van der Waals surface area (Å²) in [4.78, 5) is 0. The molecule has 0 spiro atoms. The Morgan fingerprint density at radius 3 is 2.25 bits per heavy atom. The van der Waals surface area contributed by atoms with Crippen molar-refractivity contribution in [1.82, 2.24) is 0 Å². The first-order valence-electron chi connectivity index (χ1n) is 4.97. The summed E-state index contributed by atoms with van der Waals surface area (Å²) in [5.41, 5.74) is 1.85. The molecule has 0 aromatic heterocycles. The highest BCUT2D eigenvalue weighted by Gasteiger charge is 2.11. The van der Waals surface area contributed by atoms with Crippen LogP contribution in [0.3, 0.4) is 0 Å². The molecule has 0 aliphatic rings. The van der Waals surface area contributed by atoms with Gasteiger partial charge >= 0.3 is 0 Å². The lowest BCUT2D eigenvalue weighted by Gasteiger charge is -2.10. The Balaban J connectivity index is 2.70. The van der Waals surface area contributed by atoms with Gasteiger partial charge in [-0.3, -0.25) is 0 Å². The van der Waals surface area contributed by atoms with E-state index in [1.807, 2.05) is 19.1 Å². The van der Waals surface area contributed by atoms with Crippen molar-refractivity contribution in [3.63, 3.8) is 0 Å². The van der Waals surface area contributed by atoms with E-state index in [0.717, 1.165) is 6.42 Å². The van der Waals surface area contributed by atoms with Crippen LogP contribution in [0, 0.1) is 0 Å². The summed E-state index contributed by atoms with van der Waals surface area (Å²) < 4.78 is 29.1. The maximum Gasteiger partial charge on any atom is 0.294 e. The molecule has 0 fully saturated rings. The molecule has 0 aliphatic heterocycles. The smallest absolute Gasteiger partial charge is 0.294 e. The van der Waals surface area contributed by atoms with Crippen molar-refractivity contribution < 1.29 is 13.5 Å². The second kappa shape index (κ2) is 5.45. The molecule has 1 rings (SSSR count). The zero-order valence-electron chi connectivity index (χ0n) is 9.17. The van der Waals surface area contributed by atoms with E-state index in [-0.39, 0.29) is 5.76 Å². The molecule has 0 radical (unpaired) electrons. The van der Waals surface area contributed by atoms with Crippen LogP contribution in [-0.2, 0) is 11.2 Å². The first kappa shape index (κ1) is 12.4. The van der Waals surface area contributed by atoms with Gasteiger partial charge in [-0.25, -0.2) is 8.78 Å². The van der Waals surface area contributed by atoms with Gasteiger partial charge in [0, 0.05) is 5.56 Å². The SMILES string of the molecule is C=C(OC(=C)C(F)F)c1ccc(CC)cc1. The Labute approximate surface area is 94.1 Å². The van der Waals surface area contributed by atoms with E-state index in [4.69, 9.17) is 4.74 Å². The minimum Gasteiger partial charge on any atom is -0.456 e. The molecule has 0 N–H and O–H groups in total. The first-order valence-corrected chi connectivity index (χ1v) is 4.97. The molecule has 0 heterocycles. The average Bonchev–Trinajstić information content (AvgIpc) is 2.28. The minimum atomic E-state index is -2.69. The number of halogens is 2. The van der Waals surface area contributed by atoms with Gasteiger partial charge in [0.2, 0.25) is 0 Å². The zero-order chi connectivity index (χ0) is 12.1. The molecule has 1 nitrogen and oxygen atoms in total. The fraction of sp³-hybridized carbons (Fsp3) is 0.231. The van der Waals surface area contributed by atoms with Gasteiger partial charge in [-0.05, 0) is 12.0 Å². The molecule has 1 aromatic rings. The van der Waals surface area contributed by atoms with E-state index in [1.54, 1.807) is 12.1 Å². The van der Waals surface area contributed by atoms with Gasteiger partial charge in [-0.15, -0.1) is 0 Å². The monoisotopic (exact) mass is 224 g/mol. The molecule has 1 aromatic carbocycles. The van der Waals surface area contributed by atoms with Gasteiger partial charge < -0.3 is 4.74 Å². The number of hydrogen-bond donors (Lipinski definition) is 0. The summed E-state index contributed by atoms with van der Waals surface area (Å²) in [6, 6.07) is 7.41. The van der Waals surface area contributed by atoms with Crippen LogP contribution in [-0.4, -0.2) is 6.43 Å². The van der Waals surface area contributed by atoms with Crippen molar-refractivity contribution in [2.45, 2.75) is 19.8 Å². The Morgan fingerprint density at radius 1 is 1.25 bits per heavy atom. The fourth-order valence-electron chi connectivity index (χ4n) is 1.19. The van der Waals surface area contributed by atoms with E-state index in [2.05, 4.69) is 13.2 Å². The lowest BCUT2D eigenvalue weighted by molar-refractivity contribution is 0.129. The summed E-state index contributed by atoms with van der Waals surface area (Å²) >= 11 is 0. The van der Waals surface area contributed by atoms with Crippen molar-refractivity contribution in [3.05, 3.63) is 54.3 Å². The standard InChI is InChI=1S/C13H14F2O/c1-4-11-5-7-12(8-6-11)9(2)16-10(3)13(14)15/h5-8,13H,2-4H2,1H3. The highest BCUT2D eigenvalue weighted by Crippen LogP contribution is 2.20. The number of hydrogen-bond acceptors (Lipinski definition) is 1. The molecule has 16 heavy (non-hydrogen) atoms. The van der Waals surface area contributed by atoms with Gasteiger partial charge in [0.15, 0.2) is 5.76 Å². The van der Waals surface area contributed by atoms with Gasteiger partial charge in [0.25, 0.3) is 6.43 Å². The molecule has 86 valence electrons. The second-order valence-corrected chi connectivity index (χ2v) is 3.34. The highest BCUT2D eigenvalue weighted by atomic mass is 19.3. The number of allylic oxidation sites excluding steroid dienone is 1. The maximum absolute atomic E-state index is 12.2. The van der Waals surface area contributed by atoms with E-state index in [0.29, 0.717) is 5.56 Å². The Hall–Kier alpha value is -1.64. The van der Waals surface area contributed by atoms with Crippen molar-refractivity contribution in [3.8, 4) is 0 Å². The second-order valence-electron chi connectivity index (χ2n) is 3.34. The van der Waals surface area contributed by atoms with Crippen LogP contribution in [0.1, 0.15) is 18.1 Å². The van der Waals surface area contributed by atoms with Crippen LogP contribution >= 0.6 is 0 Å². The summed E-state index contributed by atoms with van der Waals surface area (Å²) in [5.74, 6) is -0.391. The molecule has 0 saturated heterocycles. The van der Waals surface area contributed by atoms with Gasteiger partial charge in [0.1, 0.15) is 5.76 Å². The lowest BCUT2D eigenvalue weighted by atomic mass is 10.1. The molecule has 0 amide bonds. The zero-order valence-corrected chi connectivity index (χ0v) is 9.17. The van der Waals surface area contributed by atoms with Crippen molar-refractivity contribution >= 4 is 5.76 Å².